The molecular formula is C130H85N3. The van der Waals surface area contributed by atoms with Crippen molar-refractivity contribution in [3.8, 4) is 106 Å². The van der Waals surface area contributed by atoms with Gasteiger partial charge in [-0.05, 0) is 268 Å². The van der Waals surface area contributed by atoms with Gasteiger partial charge in [-0.3, -0.25) is 0 Å². The van der Waals surface area contributed by atoms with Gasteiger partial charge in [0.1, 0.15) is 0 Å². The number of nitrogens with zero attached hydrogens (tertiary/aromatic N) is 3. The summed E-state index contributed by atoms with van der Waals surface area (Å²) in [5, 5.41) is 25.5. The lowest BCUT2D eigenvalue weighted by molar-refractivity contribution is 1.18. The van der Waals surface area contributed by atoms with Gasteiger partial charge in [0.05, 0.1) is 33.1 Å². The van der Waals surface area contributed by atoms with Crippen molar-refractivity contribution in [2.45, 2.75) is 0 Å². The van der Waals surface area contributed by atoms with E-state index in [0.29, 0.717) is 0 Å². The molecule has 3 aromatic heterocycles. The topological polar surface area (TPSA) is 14.8 Å². The van der Waals surface area contributed by atoms with Gasteiger partial charge in [0.2, 0.25) is 0 Å². The molecule has 0 radical (unpaired) electrons. The van der Waals surface area contributed by atoms with Gasteiger partial charge in [-0.1, -0.05) is 413 Å². The van der Waals surface area contributed by atoms with E-state index in [9.17, 15) is 0 Å². The highest BCUT2D eigenvalue weighted by Gasteiger charge is 2.22. The molecule has 0 amide bonds. The van der Waals surface area contributed by atoms with Crippen LogP contribution in [0.15, 0.2) is 516 Å². The van der Waals surface area contributed by atoms with Crippen LogP contribution >= 0.6 is 0 Å². The van der Waals surface area contributed by atoms with E-state index in [1.807, 2.05) is 0 Å². The molecule has 3 heteroatoms. The Morgan fingerprint density at radius 2 is 0.368 bits per heavy atom. The van der Waals surface area contributed by atoms with Crippen LogP contribution < -0.4 is 0 Å². The van der Waals surface area contributed by atoms with Crippen molar-refractivity contribution in [1.29, 1.82) is 0 Å². The fraction of sp³-hybridized carbons (Fsp3) is 0. The van der Waals surface area contributed by atoms with E-state index >= 15 is 0 Å². The van der Waals surface area contributed by atoms with Gasteiger partial charge in [0.25, 0.3) is 0 Å². The molecule has 27 rings (SSSR count). The smallest absolute Gasteiger partial charge is 0.0541 e. The van der Waals surface area contributed by atoms with Crippen LogP contribution in [0.2, 0.25) is 0 Å². The number of aromatic nitrogens is 3. The van der Waals surface area contributed by atoms with Crippen molar-refractivity contribution in [3.05, 3.63) is 516 Å². The molecule has 24 aromatic carbocycles. The first-order chi connectivity index (χ1) is 66.0. The fourth-order valence-electron chi connectivity index (χ4n) is 21.1. The Morgan fingerprint density at radius 1 is 0.0977 bits per heavy atom. The van der Waals surface area contributed by atoms with Crippen LogP contribution in [0.25, 0.3) is 247 Å². The maximum atomic E-state index is 2.41. The molecule has 27 aromatic rings. The van der Waals surface area contributed by atoms with E-state index in [1.54, 1.807) is 0 Å². The van der Waals surface area contributed by atoms with E-state index in [4.69, 9.17) is 0 Å². The number of fused-ring (bicyclic) bond motifs is 18. The van der Waals surface area contributed by atoms with Gasteiger partial charge < -0.3 is 13.7 Å². The summed E-state index contributed by atoms with van der Waals surface area (Å²) in [6.45, 7) is 0. The molecule has 0 N–H and O–H groups in total. The molecule has 0 spiro atoms. The van der Waals surface area contributed by atoms with Crippen molar-refractivity contribution < 1.29 is 0 Å². The minimum Gasteiger partial charge on any atom is -0.309 e. The predicted octanol–water partition coefficient (Wildman–Crippen LogP) is 35.8. The Labute approximate surface area is 770 Å². The summed E-state index contributed by atoms with van der Waals surface area (Å²) in [6, 6.07) is 188. The normalized spacial score (nSPS) is 11.6. The number of hydrogen-bond donors (Lipinski definition) is 0. The van der Waals surface area contributed by atoms with Crippen molar-refractivity contribution in [2.75, 3.05) is 0 Å². The average Bonchev–Trinajstić information content (AvgIpc) is 1.63. The summed E-state index contributed by atoms with van der Waals surface area (Å²) in [4.78, 5) is 0. The van der Waals surface area contributed by atoms with Crippen molar-refractivity contribution in [3.63, 3.8) is 0 Å². The molecule has 0 atom stereocenters. The Kier molecular flexibility index (Phi) is 19.3. The number of para-hydroxylation sites is 4. The number of hydrogen-bond acceptors (Lipinski definition) is 0. The third-order valence-corrected chi connectivity index (χ3v) is 27.4. The minimum atomic E-state index is 1.16. The first kappa shape index (κ1) is 77.8. The Hall–Kier alpha value is -17.5. The second kappa shape index (κ2) is 33.0. The van der Waals surface area contributed by atoms with Crippen molar-refractivity contribution in [1.82, 2.24) is 13.7 Å². The summed E-state index contributed by atoms with van der Waals surface area (Å²) in [5.41, 5.74) is 30.6. The minimum absolute atomic E-state index is 1.16. The van der Waals surface area contributed by atoms with Gasteiger partial charge in [-0.15, -0.1) is 0 Å². The SMILES string of the molecule is c1cc(-c2cccc3ccccc23)cc(-n2c3ccccc3c3cc(-c4ccc(-c5cccc6ccccc56)cc4)ccc32)c1.c1ccc(-n2c3ccccc3c3cc(-c4ccccc4-c4cc5ccccc5c5ccccc45)ccc32)cc1.c1ccc2c(-c3ccc(-c4ccc5c(c4)c4ccccc4n5-c4ccc(-c5cc6ccccc6c6ccccc56)cc4)cc3)cccc2c1. The zero-order chi connectivity index (χ0) is 87.8. The molecule has 0 aliphatic rings. The van der Waals surface area contributed by atoms with Crippen LogP contribution in [0.5, 0.6) is 0 Å². The molecule has 0 unspecified atom stereocenters. The third kappa shape index (κ3) is 13.8. The number of rotatable bonds is 11. The van der Waals surface area contributed by atoms with Crippen LogP contribution in [-0.2, 0) is 0 Å². The molecule has 620 valence electrons. The van der Waals surface area contributed by atoms with Crippen LogP contribution in [0, 0.1) is 0 Å². The highest BCUT2D eigenvalue weighted by Crippen LogP contribution is 2.46. The molecule has 0 aliphatic carbocycles. The van der Waals surface area contributed by atoms with Crippen LogP contribution in [-0.4, -0.2) is 13.7 Å². The van der Waals surface area contributed by atoms with Gasteiger partial charge in [-0.25, -0.2) is 0 Å². The maximum Gasteiger partial charge on any atom is 0.0541 e. The summed E-state index contributed by atoms with van der Waals surface area (Å²) in [5.74, 6) is 0. The lowest BCUT2D eigenvalue weighted by atomic mass is 9.89. The van der Waals surface area contributed by atoms with E-state index in [0.717, 1.165) is 5.69 Å². The lowest BCUT2D eigenvalue weighted by Gasteiger charge is -2.15. The second-order valence-corrected chi connectivity index (χ2v) is 34.8. The van der Waals surface area contributed by atoms with Crippen molar-refractivity contribution in [2.24, 2.45) is 0 Å². The second-order valence-electron chi connectivity index (χ2n) is 34.8. The largest absolute Gasteiger partial charge is 0.309 e. The molecule has 0 aliphatic heterocycles. The number of benzene rings is 24. The van der Waals surface area contributed by atoms with Crippen LogP contribution in [0.1, 0.15) is 0 Å². The molecular weight excluding hydrogens is 1600 g/mol. The van der Waals surface area contributed by atoms with Gasteiger partial charge in [0.15, 0.2) is 0 Å². The molecule has 0 fully saturated rings. The predicted molar refractivity (Wildman–Crippen MR) is 568 cm³/mol. The molecule has 0 saturated heterocycles. The lowest BCUT2D eigenvalue weighted by Crippen LogP contribution is -1.94. The van der Waals surface area contributed by atoms with Crippen LogP contribution in [0.4, 0.5) is 0 Å². The van der Waals surface area contributed by atoms with E-state index in [-0.39, 0.29) is 0 Å². The molecule has 133 heavy (non-hydrogen) atoms. The van der Waals surface area contributed by atoms with Gasteiger partial charge in [0, 0.05) is 49.4 Å². The summed E-state index contributed by atoms with van der Waals surface area (Å²) >= 11 is 0. The van der Waals surface area contributed by atoms with E-state index in [2.05, 4.69) is 529 Å². The molecule has 3 nitrogen and oxygen atoms in total. The Bertz CT molecular complexity index is 9230. The fourth-order valence-corrected chi connectivity index (χ4v) is 21.1. The third-order valence-electron chi connectivity index (χ3n) is 27.4. The average molecular weight is 1690 g/mol. The zero-order valence-electron chi connectivity index (χ0n) is 72.9. The van der Waals surface area contributed by atoms with E-state index in [1.165, 1.54) is 241 Å². The molecule has 0 saturated carbocycles. The summed E-state index contributed by atoms with van der Waals surface area (Å²) in [6.07, 6.45) is 0. The zero-order valence-corrected chi connectivity index (χ0v) is 72.9. The summed E-state index contributed by atoms with van der Waals surface area (Å²) < 4.78 is 7.18. The first-order valence-electron chi connectivity index (χ1n) is 45.9. The Morgan fingerprint density at radius 3 is 0.842 bits per heavy atom. The maximum absolute atomic E-state index is 2.41. The van der Waals surface area contributed by atoms with Gasteiger partial charge >= 0.3 is 0 Å². The summed E-state index contributed by atoms with van der Waals surface area (Å²) in [7, 11) is 0. The van der Waals surface area contributed by atoms with E-state index < -0.39 is 0 Å². The standard InChI is InChI=1S/C48H31N.C44H29N.C38H25N/c1-3-13-39-33(10-1)12-9-18-40(39)34-22-20-32(21-23-34)36-26-29-48-46(30-36)44-17-7-8-19-47(44)49(48)38-27-24-35(25-28-38)45-31-37-11-2-4-14-41(37)42-15-5-6-16-43(42)45;1-3-16-37-31(10-1)12-8-19-39(37)33-24-22-30(23-25-33)34-26-27-44-42(29-34)41-18-5-6-21-43(41)45(44)36-15-7-14-35(28-36)40-20-9-13-32-11-2-4-17-38(32)40;1-2-13-28(14-3-1)39-37-21-11-10-20-34(37)36-25-27(22-23-38(36)39)30-16-6-7-18-32(30)35-24-26-12-4-5-15-29(26)31-17-8-9-19-33(31)35/h1-31H;1-29H;1-25H. The molecule has 0 bridgehead atoms. The highest BCUT2D eigenvalue weighted by atomic mass is 15.0. The first-order valence-corrected chi connectivity index (χ1v) is 45.9. The quantitative estimate of drug-likeness (QED) is 0.115. The van der Waals surface area contributed by atoms with Crippen molar-refractivity contribution >= 4 is 141 Å². The van der Waals surface area contributed by atoms with Gasteiger partial charge in [-0.2, -0.15) is 0 Å². The molecule has 3 heterocycles. The highest BCUT2D eigenvalue weighted by molar-refractivity contribution is 6.18. The monoisotopic (exact) mass is 1690 g/mol. The van der Waals surface area contributed by atoms with Crippen LogP contribution in [0.3, 0.4) is 0 Å². The Balaban J connectivity index is 0.000000108.